The van der Waals surface area contributed by atoms with Crippen LogP contribution in [-0.2, 0) is 0 Å². The minimum atomic E-state index is 0.161. The molecule has 1 N–H and O–H groups in total. The first kappa shape index (κ1) is 12.1. The number of hydrogen-bond donors (Lipinski definition) is 1. The van der Waals surface area contributed by atoms with Crippen LogP contribution in [-0.4, -0.2) is 17.8 Å². The lowest BCUT2D eigenvalue weighted by molar-refractivity contribution is 0.320. The van der Waals surface area contributed by atoms with Crippen LogP contribution in [0.4, 0.5) is 0 Å². The van der Waals surface area contributed by atoms with Crippen LogP contribution < -0.4 is 0 Å². The monoisotopic (exact) mass is 209 g/mol. The van der Waals surface area contributed by atoms with Gasteiger partial charge in [-0.25, -0.2) is 0 Å². The van der Waals surface area contributed by atoms with Crippen LogP contribution in [0.1, 0.15) is 39.0 Å². The quantitative estimate of drug-likeness (QED) is 0.328. The fraction of sp³-hybridized carbons (Fsp3) is 0.818. The normalized spacial score (nSPS) is 27.2. The molecule has 0 heterocycles. The van der Waals surface area contributed by atoms with Gasteiger partial charge in [-0.1, -0.05) is 16.8 Å². The Morgan fingerprint density at radius 3 is 2.67 bits per heavy atom. The first-order chi connectivity index (χ1) is 7.26. The van der Waals surface area contributed by atoms with Gasteiger partial charge >= 0.3 is 0 Å². The van der Waals surface area contributed by atoms with Crippen molar-refractivity contribution in [1.29, 1.82) is 0 Å². The van der Waals surface area contributed by atoms with E-state index < -0.39 is 0 Å². The van der Waals surface area contributed by atoms with Gasteiger partial charge in [0.25, 0.3) is 0 Å². The molecule has 0 aliphatic heterocycles. The maximum atomic E-state index is 8.85. The molecule has 0 unspecified atom stereocenters. The SMILES string of the molecule is C/C(=C\CC1CCC(N=[N+]=[N-])CC1)CO. The van der Waals surface area contributed by atoms with Crippen molar-refractivity contribution in [1.82, 2.24) is 0 Å². The molecule has 1 fully saturated rings. The molecule has 0 aromatic heterocycles. The van der Waals surface area contributed by atoms with E-state index in [0.717, 1.165) is 37.7 Å². The Hall–Kier alpha value is -0.990. The van der Waals surface area contributed by atoms with E-state index in [1.807, 2.05) is 6.92 Å². The molecule has 4 nitrogen and oxygen atoms in total. The van der Waals surface area contributed by atoms with Gasteiger partial charge in [-0.05, 0) is 50.5 Å². The number of nitrogens with zero attached hydrogens (tertiary/aromatic N) is 3. The van der Waals surface area contributed by atoms with Crippen molar-refractivity contribution in [3.8, 4) is 0 Å². The zero-order valence-corrected chi connectivity index (χ0v) is 9.26. The standard InChI is InChI=1S/C11H19N3O/c1-9(8-15)2-3-10-4-6-11(7-5-10)13-14-12/h2,10-11,15H,3-8H2,1H3/b9-2+. The van der Waals surface area contributed by atoms with Gasteiger partial charge in [-0.2, -0.15) is 0 Å². The smallest absolute Gasteiger partial charge is 0.0639 e. The third-order valence-corrected chi connectivity index (χ3v) is 3.08. The molecule has 1 aliphatic carbocycles. The largest absolute Gasteiger partial charge is 0.392 e. The molecule has 1 saturated carbocycles. The van der Waals surface area contributed by atoms with Crippen molar-refractivity contribution in [2.24, 2.45) is 11.0 Å². The number of hydrogen-bond acceptors (Lipinski definition) is 2. The van der Waals surface area contributed by atoms with E-state index in [4.69, 9.17) is 10.6 Å². The second kappa shape index (κ2) is 6.49. The van der Waals surface area contributed by atoms with Gasteiger partial charge in [-0.3, -0.25) is 0 Å². The molecule has 0 radical (unpaired) electrons. The molecule has 0 atom stereocenters. The molecule has 0 amide bonds. The second-order valence-electron chi connectivity index (χ2n) is 4.32. The summed E-state index contributed by atoms with van der Waals surface area (Å²) in [6.45, 7) is 2.11. The van der Waals surface area contributed by atoms with Gasteiger partial charge in [0.1, 0.15) is 0 Å². The van der Waals surface area contributed by atoms with Gasteiger partial charge in [0.15, 0.2) is 0 Å². The van der Waals surface area contributed by atoms with Crippen LogP contribution >= 0.6 is 0 Å². The van der Waals surface area contributed by atoms with E-state index in [2.05, 4.69) is 16.1 Å². The van der Waals surface area contributed by atoms with Crippen LogP contribution in [0.15, 0.2) is 16.8 Å². The van der Waals surface area contributed by atoms with Crippen molar-refractivity contribution >= 4 is 0 Å². The Labute approximate surface area is 90.6 Å². The number of aliphatic hydroxyl groups is 1. The average Bonchev–Trinajstić information content (AvgIpc) is 2.28. The predicted octanol–water partition coefficient (Wildman–Crippen LogP) is 3.18. The van der Waals surface area contributed by atoms with Crippen LogP contribution in [0.3, 0.4) is 0 Å². The highest BCUT2D eigenvalue weighted by molar-refractivity contribution is 4.98. The summed E-state index contributed by atoms with van der Waals surface area (Å²) in [5.74, 6) is 0.705. The summed E-state index contributed by atoms with van der Waals surface area (Å²) in [7, 11) is 0. The van der Waals surface area contributed by atoms with Gasteiger partial charge in [-0.15, -0.1) is 0 Å². The maximum Gasteiger partial charge on any atom is 0.0639 e. The molecule has 0 saturated heterocycles. The molecule has 0 aromatic carbocycles. The third-order valence-electron chi connectivity index (χ3n) is 3.08. The summed E-state index contributed by atoms with van der Waals surface area (Å²) in [4.78, 5) is 2.85. The van der Waals surface area contributed by atoms with Crippen LogP contribution in [0.5, 0.6) is 0 Å². The number of rotatable bonds is 4. The lowest BCUT2D eigenvalue weighted by Crippen LogP contribution is -2.16. The highest BCUT2D eigenvalue weighted by Crippen LogP contribution is 2.29. The minimum Gasteiger partial charge on any atom is -0.392 e. The Balaban J connectivity index is 2.28. The summed E-state index contributed by atoms with van der Waals surface area (Å²) in [5.41, 5.74) is 9.36. The Morgan fingerprint density at radius 2 is 2.13 bits per heavy atom. The molecule has 1 rings (SSSR count). The second-order valence-corrected chi connectivity index (χ2v) is 4.32. The van der Waals surface area contributed by atoms with Crippen molar-refractivity contribution < 1.29 is 5.11 Å². The van der Waals surface area contributed by atoms with E-state index in [-0.39, 0.29) is 12.6 Å². The minimum absolute atomic E-state index is 0.161. The average molecular weight is 209 g/mol. The fourth-order valence-electron chi connectivity index (χ4n) is 2.00. The Kier molecular flexibility index (Phi) is 5.22. The zero-order chi connectivity index (χ0) is 11.1. The summed E-state index contributed by atoms with van der Waals surface area (Å²) in [6.07, 6.45) is 7.48. The number of azide groups is 1. The molecular weight excluding hydrogens is 190 g/mol. The van der Waals surface area contributed by atoms with E-state index in [1.165, 1.54) is 0 Å². The lowest BCUT2D eigenvalue weighted by atomic mass is 9.84. The number of allylic oxidation sites excluding steroid dienone is 1. The van der Waals surface area contributed by atoms with E-state index in [9.17, 15) is 0 Å². The van der Waals surface area contributed by atoms with Crippen molar-refractivity contribution in [3.63, 3.8) is 0 Å². The van der Waals surface area contributed by atoms with E-state index in [0.29, 0.717) is 5.92 Å². The lowest BCUT2D eigenvalue weighted by Gasteiger charge is -2.24. The molecule has 4 heteroatoms. The summed E-state index contributed by atoms with van der Waals surface area (Å²) < 4.78 is 0. The molecular formula is C11H19N3O. The third kappa shape index (κ3) is 4.36. The summed E-state index contributed by atoms with van der Waals surface area (Å²) >= 11 is 0. The van der Waals surface area contributed by atoms with Crippen molar-refractivity contribution in [2.45, 2.75) is 45.1 Å². The highest BCUT2D eigenvalue weighted by atomic mass is 16.3. The molecule has 0 spiro atoms. The molecule has 0 aromatic rings. The van der Waals surface area contributed by atoms with E-state index in [1.54, 1.807) is 0 Å². The van der Waals surface area contributed by atoms with Crippen LogP contribution in [0.2, 0.25) is 0 Å². The summed E-state index contributed by atoms with van der Waals surface area (Å²) in [5, 5.41) is 12.6. The van der Waals surface area contributed by atoms with Crippen molar-refractivity contribution in [2.75, 3.05) is 6.61 Å². The maximum absolute atomic E-state index is 8.85. The molecule has 84 valence electrons. The molecule has 1 aliphatic rings. The van der Waals surface area contributed by atoms with Crippen LogP contribution in [0, 0.1) is 5.92 Å². The van der Waals surface area contributed by atoms with E-state index >= 15 is 0 Å². The summed E-state index contributed by atoms with van der Waals surface area (Å²) in [6, 6.07) is 0.217. The van der Waals surface area contributed by atoms with Gasteiger partial charge < -0.3 is 5.11 Å². The Morgan fingerprint density at radius 1 is 1.47 bits per heavy atom. The first-order valence-corrected chi connectivity index (χ1v) is 5.57. The van der Waals surface area contributed by atoms with Crippen LogP contribution in [0.25, 0.3) is 10.4 Å². The predicted molar refractivity (Wildman–Crippen MR) is 60.4 cm³/mol. The van der Waals surface area contributed by atoms with Gasteiger partial charge in [0.2, 0.25) is 0 Å². The Bertz CT molecular complexity index is 261. The number of aliphatic hydroxyl groups excluding tert-OH is 1. The highest BCUT2D eigenvalue weighted by Gasteiger charge is 2.19. The topological polar surface area (TPSA) is 69.0 Å². The molecule has 0 bridgehead atoms. The zero-order valence-electron chi connectivity index (χ0n) is 9.26. The van der Waals surface area contributed by atoms with Gasteiger partial charge in [0.05, 0.1) is 6.61 Å². The van der Waals surface area contributed by atoms with Gasteiger partial charge in [0, 0.05) is 11.0 Å². The molecule has 15 heavy (non-hydrogen) atoms. The van der Waals surface area contributed by atoms with Crippen molar-refractivity contribution in [3.05, 3.63) is 22.1 Å². The fourth-order valence-corrected chi connectivity index (χ4v) is 2.00. The first-order valence-electron chi connectivity index (χ1n) is 5.57.